The van der Waals surface area contributed by atoms with E-state index in [4.69, 9.17) is 9.84 Å². The summed E-state index contributed by atoms with van der Waals surface area (Å²) in [6.45, 7) is 0.463. The Labute approximate surface area is 133 Å². The first-order valence-corrected chi connectivity index (χ1v) is 6.96. The normalized spacial score (nSPS) is 10.4. The van der Waals surface area contributed by atoms with Crippen molar-refractivity contribution < 1.29 is 19.4 Å². The van der Waals surface area contributed by atoms with Gasteiger partial charge >= 0.3 is 12.1 Å². The minimum Gasteiger partial charge on any atom is -0.477 e. The molecule has 0 aliphatic heterocycles. The van der Waals surface area contributed by atoms with Crippen molar-refractivity contribution in [3.05, 3.63) is 71.6 Å². The summed E-state index contributed by atoms with van der Waals surface area (Å²) in [5, 5.41) is 11.4. The van der Waals surface area contributed by atoms with E-state index in [1.807, 2.05) is 30.3 Å². The number of alkyl carbamates (subject to hydrolysis) is 1. The number of carboxylic acid groups (broad SMARTS) is 1. The highest BCUT2D eigenvalue weighted by molar-refractivity contribution is 5.85. The maximum atomic E-state index is 11.5. The standard InChI is InChI=1S/C17H16N2O4/c20-16(21)15-10-4-8-14(19-15)9-5-11-18-17(22)23-12-13-6-2-1-3-7-13/h1-10H,11-12H2,(H,18,22)(H,20,21). The number of ether oxygens (including phenoxy) is 1. The van der Waals surface area contributed by atoms with Gasteiger partial charge in [0.25, 0.3) is 0 Å². The van der Waals surface area contributed by atoms with Gasteiger partial charge < -0.3 is 15.2 Å². The molecule has 1 amide bonds. The largest absolute Gasteiger partial charge is 0.477 e. The van der Waals surface area contributed by atoms with Gasteiger partial charge in [-0.15, -0.1) is 0 Å². The van der Waals surface area contributed by atoms with Crippen molar-refractivity contribution >= 4 is 18.1 Å². The second kappa shape index (κ2) is 8.33. The maximum absolute atomic E-state index is 11.5. The van der Waals surface area contributed by atoms with Gasteiger partial charge in [0.2, 0.25) is 0 Å². The van der Waals surface area contributed by atoms with Crippen LogP contribution in [0.2, 0.25) is 0 Å². The number of carbonyl (C=O) groups excluding carboxylic acids is 1. The summed E-state index contributed by atoms with van der Waals surface area (Å²) in [7, 11) is 0. The molecule has 0 fully saturated rings. The van der Waals surface area contributed by atoms with E-state index in [1.165, 1.54) is 6.07 Å². The zero-order chi connectivity index (χ0) is 16.5. The fourth-order valence-electron chi connectivity index (χ4n) is 1.76. The highest BCUT2D eigenvalue weighted by Gasteiger charge is 2.03. The molecule has 1 heterocycles. The number of hydrogen-bond acceptors (Lipinski definition) is 4. The number of hydrogen-bond donors (Lipinski definition) is 2. The summed E-state index contributed by atoms with van der Waals surface area (Å²) in [4.78, 5) is 26.2. The van der Waals surface area contributed by atoms with Crippen LogP contribution in [-0.2, 0) is 11.3 Å². The molecule has 0 radical (unpaired) electrons. The smallest absolute Gasteiger partial charge is 0.407 e. The summed E-state index contributed by atoms with van der Waals surface area (Å²) in [6.07, 6.45) is 2.77. The molecule has 118 valence electrons. The molecule has 0 aliphatic rings. The number of aromatic nitrogens is 1. The van der Waals surface area contributed by atoms with Crippen LogP contribution in [0.5, 0.6) is 0 Å². The second-order valence-electron chi connectivity index (χ2n) is 4.60. The van der Waals surface area contributed by atoms with Crippen LogP contribution in [-0.4, -0.2) is 28.7 Å². The number of carbonyl (C=O) groups is 2. The molecular weight excluding hydrogens is 296 g/mol. The summed E-state index contributed by atoms with van der Waals surface area (Å²) in [5.41, 5.74) is 1.39. The molecule has 23 heavy (non-hydrogen) atoms. The van der Waals surface area contributed by atoms with Crippen LogP contribution in [0.15, 0.2) is 54.6 Å². The first-order chi connectivity index (χ1) is 11.1. The Morgan fingerprint density at radius 3 is 2.65 bits per heavy atom. The van der Waals surface area contributed by atoms with Crippen LogP contribution in [0.4, 0.5) is 4.79 Å². The number of nitrogens with zero attached hydrogens (tertiary/aromatic N) is 1. The van der Waals surface area contributed by atoms with Crippen molar-refractivity contribution in [3.63, 3.8) is 0 Å². The van der Waals surface area contributed by atoms with Gasteiger partial charge in [-0.25, -0.2) is 14.6 Å². The zero-order valence-electron chi connectivity index (χ0n) is 12.3. The van der Waals surface area contributed by atoms with Crippen molar-refractivity contribution in [2.24, 2.45) is 0 Å². The molecule has 0 bridgehead atoms. The summed E-state index contributed by atoms with van der Waals surface area (Å²) in [6, 6.07) is 14.1. The van der Waals surface area contributed by atoms with Gasteiger partial charge in [-0.3, -0.25) is 0 Å². The predicted molar refractivity (Wildman–Crippen MR) is 84.9 cm³/mol. The predicted octanol–water partition coefficient (Wildman–Crippen LogP) is 2.72. The molecule has 0 spiro atoms. The van der Waals surface area contributed by atoms with Crippen molar-refractivity contribution in [2.45, 2.75) is 6.61 Å². The molecule has 0 saturated carbocycles. The van der Waals surface area contributed by atoms with E-state index in [2.05, 4.69) is 10.3 Å². The van der Waals surface area contributed by atoms with Gasteiger partial charge in [0.1, 0.15) is 12.3 Å². The number of nitrogens with one attached hydrogen (secondary N) is 1. The van der Waals surface area contributed by atoms with Crippen LogP contribution < -0.4 is 5.32 Å². The molecule has 0 saturated heterocycles. The molecule has 0 unspecified atom stereocenters. The molecule has 2 rings (SSSR count). The number of pyridine rings is 1. The highest BCUT2D eigenvalue weighted by atomic mass is 16.5. The fourth-order valence-corrected chi connectivity index (χ4v) is 1.76. The lowest BCUT2D eigenvalue weighted by atomic mass is 10.2. The minimum absolute atomic E-state index is 0.0256. The molecule has 0 atom stereocenters. The van der Waals surface area contributed by atoms with Gasteiger partial charge in [0.05, 0.1) is 5.69 Å². The van der Waals surface area contributed by atoms with E-state index in [0.29, 0.717) is 5.69 Å². The van der Waals surface area contributed by atoms with Crippen molar-refractivity contribution in [1.82, 2.24) is 10.3 Å². The third-order valence-corrected chi connectivity index (χ3v) is 2.86. The Bertz CT molecular complexity index is 699. The number of aromatic carboxylic acids is 1. The Hall–Kier alpha value is -3.15. The van der Waals surface area contributed by atoms with Crippen LogP contribution in [0.1, 0.15) is 21.7 Å². The van der Waals surface area contributed by atoms with Crippen molar-refractivity contribution in [2.75, 3.05) is 6.54 Å². The monoisotopic (exact) mass is 312 g/mol. The van der Waals surface area contributed by atoms with Gasteiger partial charge in [-0.1, -0.05) is 42.5 Å². The first-order valence-electron chi connectivity index (χ1n) is 6.96. The second-order valence-corrected chi connectivity index (χ2v) is 4.60. The number of rotatable bonds is 6. The lowest BCUT2D eigenvalue weighted by molar-refractivity contribution is 0.0690. The van der Waals surface area contributed by atoms with E-state index in [9.17, 15) is 9.59 Å². The van der Waals surface area contributed by atoms with E-state index >= 15 is 0 Å². The van der Waals surface area contributed by atoms with E-state index < -0.39 is 12.1 Å². The Kier molecular flexibility index (Phi) is 5.88. The fraction of sp³-hybridized carbons (Fsp3) is 0.118. The van der Waals surface area contributed by atoms with Crippen LogP contribution in [0.3, 0.4) is 0 Å². The van der Waals surface area contributed by atoms with Crippen molar-refractivity contribution in [3.8, 4) is 0 Å². The lowest BCUT2D eigenvalue weighted by Crippen LogP contribution is -2.24. The summed E-state index contributed by atoms with van der Waals surface area (Å²) >= 11 is 0. The molecule has 6 nitrogen and oxygen atoms in total. The van der Waals surface area contributed by atoms with Gasteiger partial charge in [-0.2, -0.15) is 0 Å². The van der Waals surface area contributed by atoms with Crippen LogP contribution in [0, 0.1) is 0 Å². The maximum Gasteiger partial charge on any atom is 0.407 e. The third-order valence-electron chi connectivity index (χ3n) is 2.86. The van der Waals surface area contributed by atoms with Gasteiger partial charge in [0, 0.05) is 6.54 Å². The van der Waals surface area contributed by atoms with Gasteiger partial charge in [-0.05, 0) is 23.8 Å². The molecule has 2 N–H and O–H groups in total. The first kappa shape index (κ1) is 16.2. The average Bonchev–Trinajstić information content (AvgIpc) is 2.58. The van der Waals surface area contributed by atoms with Crippen LogP contribution >= 0.6 is 0 Å². The van der Waals surface area contributed by atoms with Crippen molar-refractivity contribution in [1.29, 1.82) is 0 Å². The summed E-state index contributed by atoms with van der Waals surface area (Å²) in [5.74, 6) is -1.08. The minimum atomic E-state index is -1.08. The van der Waals surface area contributed by atoms with Crippen LogP contribution in [0.25, 0.3) is 6.08 Å². The number of amides is 1. The molecule has 0 aliphatic carbocycles. The Morgan fingerprint density at radius 2 is 1.91 bits per heavy atom. The average molecular weight is 312 g/mol. The van der Waals surface area contributed by atoms with E-state index in [1.54, 1.807) is 24.3 Å². The Morgan fingerprint density at radius 1 is 1.13 bits per heavy atom. The third kappa shape index (κ3) is 5.62. The van der Waals surface area contributed by atoms with E-state index in [-0.39, 0.29) is 18.8 Å². The quantitative estimate of drug-likeness (QED) is 0.856. The number of carboxylic acids is 1. The Balaban J connectivity index is 1.74. The molecular formula is C17H16N2O4. The molecule has 1 aromatic carbocycles. The number of benzene rings is 1. The van der Waals surface area contributed by atoms with E-state index in [0.717, 1.165) is 5.56 Å². The SMILES string of the molecule is O=C(NCC=Cc1cccc(C(=O)O)n1)OCc1ccccc1. The molecule has 1 aromatic heterocycles. The summed E-state index contributed by atoms with van der Waals surface area (Å²) < 4.78 is 5.05. The lowest BCUT2D eigenvalue weighted by Gasteiger charge is -2.05. The molecule has 2 aromatic rings. The molecule has 6 heteroatoms. The van der Waals surface area contributed by atoms with Gasteiger partial charge in [0.15, 0.2) is 0 Å². The topological polar surface area (TPSA) is 88.5 Å². The zero-order valence-corrected chi connectivity index (χ0v) is 12.3. The highest BCUT2D eigenvalue weighted by Crippen LogP contribution is 2.02.